The summed E-state index contributed by atoms with van der Waals surface area (Å²) in [4.78, 5) is 0. The number of rotatable bonds is 3. The van der Waals surface area contributed by atoms with Gasteiger partial charge in [-0.25, -0.2) is 0 Å². The Labute approximate surface area is 79.3 Å². The molecule has 0 radical (unpaired) electrons. The molecule has 3 N–H and O–H groups in total. The standard InChI is InChI=1S/C10H19NO2/c11-7-10(4-2-5-10)9(12)8-3-1-6-13-8/h8-9,12H,1-7,11H2/t8-,9-/m1/s1. The van der Waals surface area contributed by atoms with Gasteiger partial charge in [0, 0.05) is 18.6 Å². The molecule has 2 fully saturated rings. The second-order valence-electron chi connectivity index (χ2n) is 4.42. The summed E-state index contributed by atoms with van der Waals surface area (Å²) in [7, 11) is 0. The number of aliphatic hydroxyl groups excluding tert-OH is 1. The van der Waals surface area contributed by atoms with Gasteiger partial charge < -0.3 is 15.6 Å². The highest BCUT2D eigenvalue weighted by Gasteiger charge is 2.46. The summed E-state index contributed by atoms with van der Waals surface area (Å²) >= 11 is 0. The van der Waals surface area contributed by atoms with Gasteiger partial charge in [-0.2, -0.15) is 0 Å². The number of nitrogens with two attached hydrogens (primary N) is 1. The minimum absolute atomic E-state index is 0.00495. The van der Waals surface area contributed by atoms with Crippen LogP contribution in [0.2, 0.25) is 0 Å². The maximum atomic E-state index is 10.1. The van der Waals surface area contributed by atoms with Gasteiger partial charge in [0.05, 0.1) is 12.2 Å². The van der Waals surface area contributed by atoms with E-state index in [2.05, 4.69) is 0 Å². The molecular weight excluding hydrogens is 166 g/mol. The van der Waals surface area contributed by atoms with Crippen LogP contribution >= 0.6 is 0 Å². The van der Waals surface area contributed by atoms with E-state index in [0.29, 0.717) is 6.54 Å². The quantitative estimate of drug-likeness (QED) is 0.679. The van der Waals surface area contributed by atoms with Crippen LogP contribution in [0.3, 0.4) is 0 Å². The second-order valence-corrected chi connectivity index (χ2v) is 4.42. The van der Waals surface area contributed by atoms with Gasteiger partial charge in [-0.3, -0.25) is 0 Å². The Morgan fingerprint density at radius 3 is 2.62 bits per heavy atom. The maximum absolute atomic E-state index is 10.1. The van der Waals surface area contributed by atoms with Crippen LogP contribution in [0.25, 0.3) is 0 Å². The molecule has 2 aliphatic rings. The van der Waals surface area contributed by atoms with E-state index in [4.69, 9.17) is 10.5 Å². The van der Waals surface area contributed by atoms with Crippen molar-refractivity contribution in [2.45, 2.75) is 44.3 Å². The maximum Gasteiger partial charge on any atom is 0.0869 e. The van der Waals surface area contributed by atoms with Crippen molar-refractivity contribution in [2.24, 2.45) is 11.1 Å². The van der Waals surface area contributed by atoms with E-state index in [1.165, 1.54) is 6.42 Å². The van der Waals surface area contributed by atoms with Gasteiger partial charge in [-0.05, 0) is 25.7 Å². The van der Waals surface area contributed by atoms with E-state index in [1.54, 1.807) is 0 Å². The predicted octanol–water partition coefficient (Wildman–Crippen LogP) is 0.655. The van der Waals surface area contributed by atoms with Crippen molar-refractivity contribution in [1.82, 2.24) is 0 Å². The lowest BCUT2D eigenvalue weighted by molar-refractivity contribution is -0.103. The van der Waals surface area contributed by atoms with Crippen LogP contribution < -0.4 is 5.73 Å². The zero-order valence-electron chi connectivity index (χ0n) is 8.04. The third kappa shape index (κ3) is 1.49. The van der Waals surface area contributed by atoms with Gasteiger partial charge in [0.2, 0.25) is 0 Å². The highest BCUT2D eigenvalue weighted by molar-refractivity contribution is 4.98. The molecule has 1 aliphatic carbocycles. The van der Waals surface area contributed by atoms with Gasteiger partial charge in [0.1, 0.15) is 0 Å². The average Bonchev–Trinajstić information content (AvgIpc) is 2.54. The van der Waals surface area contributed by atoms with Crippen molar-refractivity contribution in [1.29, 1.82) is 0 Å². The van der Waals surface area contributed by atoms with Crippen LogP contribution in [-0.2, 0) is 4.74 Å². The number of hydrogen-bond acceptors (Lipinski definition) is 3. The molecule has 76 valence electrons. The summed E-state index contributed by atoms with van der Waals surface area (Å²) in [5.74, 6) is 0. The summed E-state index contributed by atoms with van der Waals surface area (Å²) in [5.41, 5.74) is 5.72. The largest absolute Gasteiger partial charge is 0.390 e. The van der Waals surface area contributed by atoms with E-state index in [-0.39, 0.29) is 17.6 Å². The molecule has 0 aromatic carbocycles. The molecule has 2 atom stereocenters. The van der Waals surface area contributed by atoms with Crippen molar-refractivity contribution < 1.29 is 9.84 Å². The lowest BCUT2D eigenvalue weighted by Crippen LogP contribution is -2.52. The molecule has 2 rings (SSSR count). The summed E-state index contributed by atoms with van der Waals surface area (Å²) in [6.07, 6.45) is 5.18. The van der Waals surface area contributed by atoms with Gasteiger partial charge >= 0.3 is 0 Å². The van der Waals surface area contributed by atoms with Gasteiger partial charge in [0.15, 0.2) is 0 Å². The molecule has 0 spiro atoms. The Kier molecular flexibility index (Phi) is 2.58. The molecule has 3 nitrogen and oxygen atoms in total. The lowest BCUT2D eigenvalue weighted by atomic mass is 9.63. The molecule has 0 bridgehead atoms. The molecule has 0 unspecified atom stereocenters. The first kappa shape index (κ1) is 9.44. The molecule has 3 heteroatoms. The van der Waals surface area contributed by atoms with Crippen molar-refractivity contribution in [3.8, 4) is 0 Å². The fraction of sp³-hybridized carbons (Fsp3) is 1.00. The molecule has 1 aliphatic heterocycles. The predicted molar refractivity (Wildman–Crippen MR) is 50.3 cm³/mol. The number of aliphatic hydroxyl groups is 1. The number of ether oxygens (including phenoxy) is 1. The first-order valence-electron chi connectivity index (χ1n) is 5.28. The van der Waals surface area contributed by atoms with Gasteiger partial charge in [-0.1, -0.05) is 6.42 Å². The molecule has 1 saturated carbocycles. The topological polar surface area (TPSA) is 55.5 Å². The SMILES string of the molecule is NCC1([C@H](O)[C@H]2CCCO2)CCC1. The summed E-state index contributed by atoms with van der Waals surface area (Å²) in [6.45, 7) is 1.41. The molecule has 1 heterocycles. The Balaban J connectivity index is 1.97. The number of hydrogen-bond donors (Lipinski definition) is 2. The zero-order valence-corrected chi connectivity index (χ0v) is 8.04. The highest BCUT2D eigenvalue weighted by atomic mass is 16.5. The zero-order chi connectivity index (χ0) is 9.31. The Morgan fingerprint density at radius 1 is 1.46 bits per heavy atom. The normalized spacial score (nSPS) is 34.2. The first-order valence-corrected chi connectivity index (χ1v) is 5.28. The lowest BCUT2D eigenvalue weighted by Gasteiger charge is -2.46. The fourth-order valence-corrected chi connectivity index (χ4v) is 2.50. The van der Waals surface area contributed by atoms with E-state index in [1.807, 2.05) is 0 Å². The minimum atomic E-state index is -0.325. The second kappa shape index (κ2) is 3.56. The third-order valence-corrected chi connectivity index (χ3v) is 3.70. The van der Waals surface area contributed by atoms with Crippen LogP contribution in [0.15, 0.2) is 0 Å². The summed E-state index contributed by atoms with van der Waals surface area (Å²) in [5, 5.41) is 10.1. The van der Waals surface area contributed by atoms with Crippen LogP contribution in [0, 0.1) is 5.41 Å². The van der Waals surface area contributed by atoms with E-state index in [0.717, 1.165) is 32.3 Å². The molecule has 0 amide bonds. The van der Waals surface area contributed by atoms with E-state index in [9.17, 15) is 5.11 Å². The Morgan fingerprint density at radius 2 is 2.23 bits per heavy atom. The van der Waals surface area contributed by atoms with Crippen molar-refractivity contribution in [2.75, 3.05) is 13.2 Å². The summed E-state index contributed by atoms with van der Waals surface area (Å²) < 4.78 is 5.49. The van der Waals surface area contributed by atoms with Crippen molar-refractivity contribution in [3.63, 3.8) is 0 Å². The first-order chi connectivity index (χ1) is 6.28. The molecule has 0 aromatic heterocycles. The average molecular weight is 185 g/mol. The molecule has 0 aromatic rings. The Bertz CT molecular complexity index is 168. The third-order valence-electron chi connectivity index (χ3n) is 3.70. The van der Waals surface area contributed by atoms with Crippen LogP contribution in [-0.4, -0.2) is 30.5 Å². The minimum Gasteiger partial charge on any atom is -0.390 e. The van der Waals surface area contributed by atoms with Crippen LogP contribution in [0.5, 0.6) is 0 Å². The van der Waals surface area contributed by atoms with Gasteiger partial charge in [0.25, 0.3) is 0 Å². The fourth-order valence-electron chi connectivity index (χ4n) is 2.50. The van der Waals surface area contributed by atoms with Crippen molar-refractivity contribution in [3.05, 3.63) is 0 Å². The van der Waals surface area contributed by atoms with E-state index < -0.39 is 0 Å². The molecule has 13 heavy (non-hydrogen) atoms. The smallest absolute Gasteiger partial charge is 0.0869 e. The Hall–Kier alpha value is -0.120. The molecular formula is C10H19NO2. The van der Waals surface area contributed by atoms with Crippen LogP contribution in [0.1, 0.15) is 32.1 Å². The highest BCUT2D eigenvalue weighted by Crippen LogP contribution is 2.45. The molecule has 1 saturated heterocycles. The van der Waals surface area contributed by atoms with E-state index >= 15 is 0 Å². The monoisotopic (exact) mass is 185 g/mol. The van der Waals surface area contributed by atoms with Crippen molar-refractivity contribution >= 4 is 0 Å². The van der Waals surface area contributed by atoms with Crippen LogP contribution in [0.4, 0.5) is 0 Å². The summed E-state index contributed by atoms with van der Waals surface area (Å²) in [6, 6.07) is 0. The van der Waals surface area contributed by atoms with Gasteiger partial charge in [-0.15, -0.1) is 0 Å².